The molecule has 14 nitrogen and oxygen atoms in total. The monoisotopic (exact) mass is 820 g/mol. The molecule has 8 rings (SSSR count). The standard InChI is InChI=1S/C44H49ClN8O6/c1-43(2)41(44(3,4)42(43)59-30-10-7-28(23-46)33(45)21-30)49-37(55)27-5-8-29(9-6-27)51-19-17-50(18-20-51)25-26-13-15-52(16-14-26)35-22-31-32(24-47-35)40(58)53(39(31)57)34-11-12-36(54)48-38(34)56/h5-10,21-22,24,26,34,41-42H,11-20,25H2,1-4H3,(H,49,55)(H,48,54,56)/t34?,41-,42-. The van der Waals surface area contributed by atoms with Gasteiger partial charge in [-0.2, -0.15) is 5.26 Å². The minimum atomic E-state index is -1.00. The number of nitriles is 1. The molecule has 59 heavy (non-hydrogen) atoms. The zero-order chi connectivity index (χ0) is 41.8. The lowest BCUT2D eigenvalue weighted by Gasteiger charge is -2.63. The van der Waals surface area contributed by atoms with Gasteiger partial charge in [-0.1, -0.05) is 39.3 Å². The summed E-state index contributed by atoms with van der Waals surface area (Å²) in [5.41, 5.74) is 1.82. The van der Waals surface area contributed by atoms with Gasteiger partial charge in [0, 0.05) is 92.6 Å². The van der Waals surface area contributed by atoms with E-state index >= 15 is 0 Å². The Morgan fingerprint density at radius 3 is 2.22 bits per heavy atom. The molecule has 5 amide bonds. The van der Waals surface area contributed by atoms with Crippen LogP contribution in [0.4, 0.5) is 11.5 Å². The number of fused-ring (bicyclic) bond motifs is 1. The number of nitrogens with zero attached hydrogens (tertiary/aromatic N) is 6. The SMILES string of the molecule is CC1(C)[C@H](NC(=O)c2ccc(N3CCN(CC4CCN(c5cc6c(cn5)C(=O)N(C5CCC(=O)NC5=O)C6=O)CC4)CC3)cc2)C(C)(C)[C@H]1Oc1ccc(C#N)c(Cl)c1. The zero-order valence-electron chi connectivity index (χ0n) is 33.8. The minimum Gasteiger partial charge on any atom is -0.489 e. The van der Waals surface area contributed by atoms with E-state index < -0.39 is 29.7 Å². The number of imide groups is 2. The highest BCUT2D eigenvalue weighted by atomic mass is 35.5. The summed E-state index contributed by atoms with van der Waals surface area (Å²) < 4.78 is 6.38. The maximum atomic E-state index is 13.5. The summed E-state index contributed by atoms with van der Waals surface area (Å²) in [6.45, 7) is 14.6. The number of aromatic nitrogens is 1. The fraction of sp³-hybridized carbons (Fsp3) is 0.477. The number of piperidine rings is 2. The van der Waals surface area contributed by atoms with Gasteiger partial charge in [-0.3, -0.25) is 39.1 Å². The van der Waals surface area contributed by atoms with Crippen molar-refractivity contribution in [3.8, 4) is 11.8 Å². The smallest absolute Gasteiger partial charge is 0.263 e. The molecule has 4 aliphatic heterocycles. The second-order valence-electron chi connectivity index (χ2n) is 17.6. The molecule has 0 radical (unpaired) electrons. The van der Waals surface area contributed by atoms with E-state index in [0.29, 0.717) is 33.6 Å². The highest BCUT2D eigenvalue weighted by molar-refractivity contribution is 6.31. The summed E-state index contributed by atoms with van der Waals surface area (Å²) in [4.78, 5) is 76.5. The van der Waals surface area contributed by atoms with Crippen LogP contribution < -0.4 is 25.2 Å². The lowest BCUT2D eigenvalue weighted by Crippen LogP contribution is -2.74. The lowest BCUT2D eigenvalue weighted by molar-refractivity contribution is -0.164. The fourth-order valence-electron chi connectivity index (χ4n) is 10.1. The summed E-state index contributed by atoms with van der Waals surface area (Å²) in [6, 6.07) is 15.5. The summed E-state index contributed by atoms with van der Waals surface area (Å²) >= 11 is 6.25. The van der Waals surface area contributed by atoms with Crippen LogP contribution in [0.25, 0.3) is 0 Å². The third-order valence-electron chi connectivity index (χ3n) is 13.1. The molecular formula is C44H49ClN8O6. The van der Waals surface area contributed by atoms with E-state index in [0.717, 1.165) is 69.2 Å². The molecule has 4 fully saturated rings. The van der Waals surface area contributed by atoms with Crippen LogP contribution in [-0.2, 0) is 9.59 Å². The van der Waals surface area contributed by atoms with Crippen LogP contribution in [0.1, 0.15) is 90.0 Å². The van der Waals surface area contributed by atoms with E-state index in [2.05, 4.69) is 64.1 Å². The average molecular weight is 821 g/mol. The summed E-state index contributed by atoms with van der Waals surface area (Å²) in [7, 11) is 0. The number of hydrogen-bond acceptors (Lipinski definition) is 11. The lowest BCUT2D eigenvalue weighted by atomic mass is 9.49. The van der Waals surface area contributed by atoms with Gasteiger partial charge in [0.05, 0.1) is 21.7 Å². The van der Waals surface area contributed by atoms with E-state index in [1.54, 1.807) is 24.3 Å². The quantitative estimate of drug-likeness (QED) is 0.288. The van der Waals surface area contributed by atoms with E-state index in [4.69, 9.17) is 16.3 Å². The molecule has 15 heteroatoms. The predicted octanol–water partition coefficient (Wildman–Crippen LogP) is 4.66. The first-order chi connectivity index (χ1) is 28.1. The number of amides is 5. The van der Waals surface area contributed by atoms with Crippen molar-refractivity contribution >= 4 is 52.6 Å². The number of anilines is 2. The van der Waals surface area contributed by atoms with Gasteiger partial charge >= 0.3 is 0 Å². The van der Waals surface area contributed by atoms with Crippen LogP contribution in [0.5, 0.6) is 5.75 Å². The minimum absolute atomic E-state index is 0.0758. The number of carbonyl (C=O) groups is 5. The summed E-state index contributed by atoms with van der Waals surface area (Å²) in [5, 5.41) is 15.1. The molecule has 0 spiro atoms. The van der Waals surface area contributed by atoms with Gasteiger partial charge in [0.2, 0.25) is 11.8 Å². The van der Waals surface area contributed by atoms with Crippen molar-refractivity contribution in [1.82, 2.24) is 25.4 Å². The Balaban J connectivity index is 0.789. The molecule has 5 aliphatic rings. The van der Waals surface area contributed by atoms with Crippen LogP contribution in [0.15, 0.2) is 54.7 Å². The Morgan fingerprint density at radius 1 is 0.898 bits per heavy atom. The molecule has 1 aromatic heterocycles. The summed E-state index contributed by atoms with van der Waals surface area (Å²) in [5.74, 6) is -0.459. The van der Waals surface area contributed by atoms with E-state index in [1.165, 1.54) is 6.20 Å². The van der Waals surface area contributed by atoms with Crippen molar-refractivity contribution in [1.29, 1.82) is 5.26 Å². The number of nitrogens with one attached hydrogen (secondary N) is 2. The molecule has 1 aliphatic carbocycles. The molecule has 0 bridgehead atoms. The first-order valence-corrected chi connectivity index (χ1v) is 20.7. The first kappa shape index (κ1) is 40.3. The van der Waals surface area contributed by atoms with Crippen molar-refractivity contribution in [2.75, 3.05) is 55.6 Å². The molecule has 308 valence electrons. The highest BCUT2D eigenvalue weighted by Gasteiger charge is 2.64. The van der Waals surface area contributed by atoms with Gasteiger partial charge in [-0.25, -0.2) is 4.98 Å². The predicted molar refractivity (Wildman–Crippen MR) is 220 cm³/mol. The third kappa shape index (κ3) is 7.51. The molecule has 5 heterocycles. The first-order valence-electron chi connectivity index (χ1n) is 20.4. The van der Waals surface area contributed by atoms with Crippen molar-refractivity contribution in [2.24, 2.45) is 16.7 Å². The normalized spacial score (nSPS) is 24.3. The Kier molecular flexibility index (Phi) is 10.6. The highest BCUT2D eigenvalue weighted by Crippen LogP contribution is 2.55. The molecule has 2 N–H and O–H groups in total. The number of benzene rings is 2. The van der Waals surface area contributed by atoms with Crippen LogP contribution in [0.2, 0.25) is 5.02 Å². The van der Waals surface area contributed by atoms with Crippen molar-refractivity contribution < 1.29 is 28.7 Å². The molecular weight excluding hydrogens is 772 g/mol. The number of rotatable bonds is 9. The van der Waals surface area contributed by atoms with Crippen LogP contribution in [-0.4, -0.2) is 108 Å². The molecule has 3 aromatic rings. The maximum absolute atomic E-state index is 13.5. The van der Waals surface area contributed by atoms with E-state index in [9.17, 15) is 29.2 Å². The van der Waals surface area contributed by atoms with Gasteiger partial charge in [0.25, 0.3) is 17.7 Å². The summed E-state index contributed by atoms with van der Waals surface area (Å²) in [6.07, 6.45) is 3.40. The average Bonchev–Trinajstić information content (AvgIpc) is 3.47. The Morgan fingerprint density at radius 2 is 1.58 bits per heavy atom. The molecule has 2 aromatic carbocycles. The Hall–Kier alpha value is -5.52. The van der Waals surface area contributed by atoms with Crippen molar-refractivity contribution in [3.05, 3.63) is 82.0 Å². The number of pyridine rings is 1. The molecule has 1 saturated carbocycles. The van der Waals surface area contributed by atoms with Crippen LogP contribution in [0.3, 0.4) is 0 Å². The van der Waals surface area contributed by atoms with E-state index in [1.807, 2.05) is 24.3 Å². The number of carbonyl (C=O) groups excluding carboxylic acids is 5. The van der Waals surface area contributed by atoms with Gasteiger partial charge < -0.3 is 19.9 Å². The van der Waals surface area contributed by atoms with Crippen LogP contribution in [0, 0.1) is 28.1 Å². The van der Waals surface area contributed by atoms with Crippen molar-refractivity contribution in [2.45, 2.75) is 71.6 Å². The van der Waals surface area contributed by atoms with Crippen molar-refractivity contribution in [3.63, 3.8) is 0 Å². The zero-order valence-corrected chi connectivity index (χ0v) is 34.6. The third-order valence-corrected chi connectivity index (χ3v) is 13.4. The number of halogens is 1. The Bertz CT molecular complexity index is 2220. The Labute approximate surface area is 348 Å². The van der Waals surface area contributed by atoms with E-state index in [-0.39, 0.29) is 52.9 Å². The van der Waals surface area contributed by atoms with Gasteiger partial charge in [0.15, 0.2) is 0 Å². The topological polar surface area (TPSA) is 168 Å². The molecule has 1 unspecified atom stereocenters. The van der Waals surface area contributed by atoms with Gasteiger partial charge in [-0.05, 0) is 67.6 Å². The second-order valence-corrected chi connectivity index (χ2v) is 18.0. The maximum Gasteiger partial charge on any atom is 0.263 e. The van der Waals surface area contributed by atoms with Crippen LogP contribution >= 0.6 is 11.6 Å². The largest absolute Gasteiger partial charge is 0.489 e. The van der Waals surface area contributed by atoms with Gasteiger partial charge in [-0.15, -0.1) is 0 Å². The number of piperazine rings is 1. The molecule has 3 saturated heterocycles. The number of hydrogen-bond donors (Lipinski definition) is 2. The fourth-order valence-corrected chi connectivity index (χ4v) is 10.3. The molecule has 1 atom stereocenters. The second kappa shape index (κ2) is 15.6. The van der Waals surface area contributed by atoms with Gasteiger partial charge in [0.1, 0.15) is 29.8 Å². The number of ether oxygens (including phenoxy) is 1.